The number of phenolic OH excluding ortho intramolecular Hbond substituents is 2. The molecule has 0 spiro atoms. The van der Waals surface area contributed by atoms with E-state index in [4.69, 9.17) is 9.47 Å². The molecule has 6 aromatic rings. The zero-order chi connectivity index (χ0) is 59.1. The number of ether oxygens (including phenoxy) is 2. The summed E-state index contributed by atoms with van der Waals surface area (Å²) in [6, 6.07) is 28.1. The van der Waals surface area contributed by atoms with E-state index in [1.54, 1.807) is 12.1 Å². The lowest BCUT2D eigenvalue weighted by Gasteiger charge is -2.28. The molecule has 6 aliphatic rings. The van der Waals surface area contributed by atoms with Crippen LogP contribution in [0.4, 0.5) is 22.7 Å². The van der Waals surface area contributed by atoms with Gasteiger partial charge in [0.2, 0.25) is 23.6 Å². The van der Waals surface area contributed by atoms with E-state index in [1.165, 1.54) is 0 Å². The van der Waals surface area contributed by atoms with Gasteiger partial charge in [-0.2, -0.15) is 0 Å². The second kappa shape index (κ2) is 23.3. The lowest BCUT2D eigenvalue weighted by atomic mass is 9.79. The largest absolute Gasteiger partial charge is 0.507 e. The van der Waals surface area contributed by atoms with Crippen molar-refractivity contribution >= 4 is 46.4 Å². The number of phenols is 2. The van der Waals surface area contributed by atoms with Gasteiger partial charge in [0.25, 0.3) is 0 Å². The van der Waals surface area contributed by atoms with Crippen LogP contribution in [-0.2, 0) is 79.7 Å². The van der Waals surface area contributed by atoms with Crippen molar-refractivity contribution < 1.29 is 38.9 Å². The van der Waals surface area contributed by atoms with E-state index in [0.29, 0.717) is 96.7 Å². The Hall–Kier alpha value is -7.60. The van der Waals surface area contributed by atoms with Gasteiger partial charge in [-0.1, -0.05) is 132 Å². The van der Waals surface area contributed by atoms with Crippen molar-refractivity contribution in [2.75, 3.05) is 21.3 Å². The Kier molecular flexibility index (Phi) is 16.8. The summed E-state index contributed by atoms with van der Waals surface area (Å²) < 4.78 is 14.4. The first-order valence-electron chi connectivity index (χ1n) is 29.3. The topological polar surface area (TPSA) is 175 Å². The van der Waals surface area contributed by atoms with Crippen molar-refractivity contribution in [3.63, 3.8) is 0 Å². The molecule has 0 atom stereocenters. The molecule has 12 heteroatoms. The minimum atomic E-state index is -0.321. The summed E-state index contributed by atoms with van der Waals surface area (Å²) in [4.78, 5) is 54.8. The number of anilines is 4. The fourth-order valence-corrected chi connectivity index (χ4v) is 11.2. The maximum absolute atomic E-state index is 13.7. The van der Waals surface area contributed by atoms with E-state index < -0.39 is 0 Å². The van der Waals surface area contributed by atoms with Crippen LogP contribution in [0.3, 0.4) is 0 Å². The fraction of sp³-hybridized carbons (Fsp3) is 0.429. The summed E-state index contributed by atoms with van der Waals surface area (Å²) in [6.45, 7) is 26.3. The van der Waals surface area contributed by atoms with Gasteiger partial charge >= 0.3 is 0 Å². The molecular weight excluding hydrogens is 1020 g/mol. The van der Waals surface area contributed by atoms with Gasteiger partial charge in [-0.05, 0) is 162 Å². The number of benzene rings is 6. The summed E-state index contributed by atoms with van der Waals surface area (Å²) >= 11 is 0. The maximum Gasteiger partial charge on any atom is 0.224 e. The number of hydrogen-bond acceptors (Lipinski definition) is 8. The quantitative estimate of drug-likeness (QED) is 0.0870. The first kappa shape index (κ1) is 59.0. The van der Waals surface area contributed by atoms with Gasteiger partial charge in [-0.25, -0.2) is 0 Å². The van der Waals surface area contributed by atoms with Gasteiger partial charge in [0.15, 0.2) is 0 Å². The van der Waals surface area contributed by atoms with Gasteiger partial charge in [-0.15, -0.1) is 0 Å². The molecule has 5 heterocycles. The molecule has 0 aromatic heterocycles. The van der Waals surface area contributed by atoms with Crippen LogP contribution in [0.2, 0.25) is 0 Å². The van der Waals surface area contributed by atoms with E-state index in [0.717, 1.165) is 66.8 Å². The molecule has 1 aliphatic carbocycles. The average molecular weight is 1110 g/mol. The summed E-state index contributed by atoms with van der Waals surface area (Å²) in [5.74, 6) is 0.591. The third kappa shape index (κ3) is 14.3. The molecule has 4 amide bonds. The second-order valence-corrected chi connectivity index (χ2v) is 27.3. The Labute approximate surface area is 485 Å². The van der Waals surface area contributed by atoms with Gasteiger partial charge in [0.1, 0.15) is 36.2 Å². The lowest BCUT2D eigenvalue weighted by molar-refractivity contribution is -0.118. The minimum Gasteiger partial charge on any atom is -0.507 e. The number of carbonyl (C=O) groups excluding carboxylic acids is 4. The van der Waals surface area contributed by atoms with Gasteiger partial charge in [-0.3, -0.25) is 19.2 Å². The molecule has 0 radical (unpaired) electrons. The van der Waals surface area contributed by atoms with Crippen LogP contribution in [0.5, 0.6) is 23.0 Å². The summed E-state index contributed by atoms with van der Waals surface area (Å²) in [6.07, 6.45) is 3.60. The third-order valence-corrected chi connectivity index (χ3v) is 16.0. The molecule has 0 fully saturated rings. The normalized spacial score (nSPS) is 16.1. The first-order chi connectivity index (χ1) is 38.5. The van der Waals surface area contributed by atoms with Gasteiger partial charge < -0.3 is 41.0 Å². The van der Waals surface area contributed by atoms with Crippen LogP contribution < -0.4 is 30.7 Å². The van der Waals surface area contributed by atoms with Crippen molar-refractivity contribution in [1.29, 1.82) is 0 Å². The average Bonchev–Trinajstić information content (AvgIpc) is 3.58. The highest BCUT2D eigenvalue weighted by atomic mass is 16.5. The van der Waals surface area contributed by atoms with Crippen molar-refractivity contribution in [3.8, 4) is 23.0 Å². The predicted molar refractivity (Wildman–Crippen MR) is 328 cm³/mol. The van der Waals surface area contributed by atoms with Crippen molar-refractivity contribution in [2.24, 2.45) is 0 Å². The van der Waals surface area contributed by atoms with E-state index in [9.17, 15) is 29.4 Å². The molecule has 0 unspecified atom stereocenters. The number of hydrogen-bond donors (Lipinski definition) is 6. The van der Waals surface area contributed by atoms with Crippen LogP contribution >= 0.6 is 0 Å². The molecule has 6 aromatic carbocycles. The number of aromatic hydroxyl groups is 2. The number of carbonyl (C=O) groups is 4. The predicted octanol–water partition coefficient (Wildman–Crippen LogP) is 15.0. The van der Waals surface area contributed by atoms with E-state index in [-0.39, 0.29) is 95.7 Å². The highest BCUT2D eigenvalue weighted by Gasteiger charge is 2.29. The smallest absolute Gasteiger partial charge is 0.224 e. The highest BCUT2D eigenvalue weighted by molar-refractivity contribution is 5.96. The van der Waals surface area contributed by atoms with Crippen LogP contribution in [0.25, 0.3) is 0 Å². The molecule has 12 nitrogen and oxygen atoms in total. The number of nitrogens with one attached hydrogen (secondary N) is 4. The number of rotatable bonds is 0. The van der Waals surface area contributed by atoms with Crippen LogP contribution in [0.1, 0.15) is 212 Å². The summed E-state index contributed by atoms with van der Waals surface area (Å²) in [5, 5.41) is 38.1. The Balaban J connectivity index is 1.37. The Morgan fingerprint density at radius 2 is 0.549 bits per heavy atom. The molecule has 0 saturated carbocycles. The molecule has 12 rings (SSSR count). The third-order valence-electron chi connectivity index (χ3n) is 16.0. The molecule has 6 N–H and O–H groups in total. The zero-order valence-corrected chi connectivity index (χ0v) is 50.3. The molecule has 0 saturated heterocycles. The number of amides is 4. The van der Waals surface area contributed by atoms with E-state index in [1.807, 2.05) is 24.3 Å². The molecule has 432 valence electrons. The van der Waals surface area contributed by atoms with Gasteiger partial charge in [0.05, 0.1) is 0 Å². The molecule has 5 aliphatic heterocycles. The van der Waals surface area contributed by atoms with Crippen LogP contribution in [0, 0.1) is 0 Å². The Morgan fingerprint density at radius 1 is 0.329 bits per heavy atom. The van der Waals surface area contributed by atoms with Crippen LogP contribution in [-0.4, -0.2) is 33.8 Å². The monoisotopic (exact) mass is 1110 g/mol. The maximum atomic E-state index is 13.7. The molecule has 16 bridgehead atoms. The van der Waals surface area contributed by atoms with Crippen molar-refractivity contribution in [1.82, 2.24) is 0 Å². The van der Waals surface area contributed by atoms with Crippen LogP contribution in [0.15, 0.2) is 84.9 Å². The SMILES string of the molecule is CC(C)(C)c1cc2c(O)c(c1)Cc1cc(C(C)(C)C)cc3c1OCc1cc4cc(c1)NC(=O)CCCCC(=O)Nc1cc(cc(c1)NC(=O)CCCCC(=O)N4)COc1c(cc(C(C)(C)C)cc1Cc1cc(C(C)(C)C)cc(c1O)C3)C2. The van der Waals surface area contributed by atoms with Crippen molar-refractivity contribution in [3.05, 3.63) is 163 Å². The minimum absolute atomic E-state index is 0.0289. The van der Waals surface area contributed by atoms with E-state index in [2.05, 4.69) is 153 Å². The first-order valence-corrected chi connectivity index (χ1v) is 29.3. The summed E-state index contributed by atoms with van der Waals surface area (Å²) in [5.41, 5.74) is 12.5. The second-order valence-electron chi connectivity index (χ2n) is 27.3. The zero-order valence-electron chi connectivity index (χ0n) is 50.3. The Bertz CT molecular complexity index is 3070. The van der Waals surface area contributed by atoms with Gasteiger partial charge in [0, 0.05) is 74.1 Å². The fourth-order valence-electron chi connectivity index (χ4n) is 11.2. The van der Waals surface area contributed by atoms with Crippen molar-refractivity contribution in [2.45, 2.75) is 195 Å². The highest BCUT2D eigenvalue weighted by Crippen LogP contribution is 2.44. The molecule has 82 heavy (non-hydrogen) atoms. The Morgan fingerprint density at radius 3 is 0.768 bits per heavy atom. The summed E-state index contributed by atoms with van der Waals surface area (Å²) in [7, 11) is 0. The molecular formula is C70H84N4O8. The standard InChI is InChI=1S/C70H84N4O8/c1-67(2,3)51-29-43-25-47-33-53(69(7,8)9)35-49-27-45-31-52(68(4,5)6)32-46(64(45)80)28-50-36-54(70(10,11)12)34-48(26-44(30-51)63(43)79)66(50)82-40-42-23-57-38-58(24-42)74-62(78)20-16-14-18-60(76)72-56-22-41(39-81-65(47)49)21-55(37-56)71-59(75)17-13-15-19-61(77)73-57/h21-24,29-38,79-80H,13-20,25-28,39-40H2,1-12H3,(H,71,75)(H,72,76)(H,73,77)(H,74,78). The lowest BCUT2D eigenvalue weighted by Crippen LogP contribution is -2.17. The van der Waals surface area contributed by atoms with E-state index >= 15 is 0 Å².